The maximum absolute atomic E-state index is 13.6. The molecule has 0 saturated heterocycles. The van der Waals surface area contributed by atoms with Crippen molar-refractivity contribution >= 4 is 41.1 Å². The molecular formula is C29H28Cl2N2O5. The zero-order chi connectivity index (χ0) is 27.0. The predicted molar refractivity (Wildman–Crippen MR) is 148 cm³/mol. The number of hydrogen-bond donors (Lipinski definition) is 2. The highest BCUT2D eigenvalue weighted by Crippen LogP contribution is 2.45. The fourth-order valence-electron chi connectivity index (χ4n) is 4.13. The second-order valence-electron chi connectivity index (χ2n) is 8.61. The lowest BCUT2D eigenvalue weighted by Gasteiger charge is -2.29. The third kappa shape index (κ3) is 6.37. The molecule has 2 atom stereocenters. The summed E-state index contributed by atoms with van der Waals surface area (Å²) >= 11 is 12.7. The first-order valence-corrected chi connectivity index (χ1v) is 12.8. The third-order valence-electron chi connectivity index (χ3n) is 6.01. The summed E-state index contributed by atoms with van der Waals surface area (Å²) in [5.74, 6) is 0.447. The van der Waals surface area contributed by atoms with Gasteiger partial charge in [-0.3, -0.25) is 9.63 Å². The molecule has 0 aliphatic carbocycles. The van der Waals surface area contributed by atoms with E-state index in [0.717, 1.165) is 5.56 Å². The quantitative estimate of drug-likeness (QED) is 0.231. The second kappa shape index (κ2) is 12.9. The van der Waals surface area contributed by atoms with Gasteiger partial charge in [0.25, 0.3) is 5.91 Å². The van der Waals surface area contributed by atoms with Crippen LogP contribution in [0.5, 0.6) is 5.75 Å². The minimum atomic E-state index is -1.43. The van der Waals surface area contributed by atoms with Crippen molar-refractivity contribution in [2.45, 2.75) is 24.5 Å². The van der Waals surface area contributed by atoms with Gasteiger partial charge in [0.15, 0.2) is 11.6 Å². The zero-order valence-corrected chi connectivity index (χ0v) is 22.3. The maximum Gasteiger partial charge on any atom is 0.276 e. The summed E-state index contributed by atoms with van der Waals surface area (Å²) in [5.41, 5.74) is 3.23. The molecular weight excluding hydrogens is 527 g/mol. The molecule has 9 heteroatoms. The summed E-state index contributed by atoms with van der Waals surface area (Å²) in [5, 5.41) is 9.79. The number of aliphatic hydroxyl groups excluding tert-OH is 1. The van der Waals surface area contributed by atoms with E-state index in [-0.39, 0.29) is 18.9 Å². The molecule has 0 fully saturated rings. The van der Waals surface area contributed by atoms with E-state index >= 15 is 0 Å². The van der Waals surface area contributed by atoms with Gasteiger partial charge < -0.3 is 14.6 Å². The van der Waals surface area contributed by atoms with Gasteiger partial charge in [0.05, 0.1) is 13.7 Å². The molecule has 38 heavy (non-hydrogen) atoms. The van der Waals surface area contributed by atoms with Gasteiger partial charge in [0, 0.05) is 40.6 Å². The predicted octanol–water partition coefficient (Wildman–Crippen LogP) is 5.79. The van der Waals surface area contributed by atoms with Gasteiger partial charge in [0.1, 0.15) is 5.75 Å². The molecule has 0 radical (unpaired) electrons. The molecule has 1 aliphatic rings. The molecule has 3 aromatic carbocycles. The van der Waals surface area contributed by atoms with E-state index in [1.807, 2.05) is 42.5 Å². The summed E-state index contributed by atoms with van der Waals surface area (Å²) in [6.45, 7) is 0.459. The molecule has 4 rings (SSSR count). The van der Waals surface area contributed by atoms with Crippen molar-refractivity contribution in [2.75, 3.05) is 20.3 Å². The first-order valence-electron chi connectivity index (χ1n) is 12.1. The van der Waals surface area contributed by atoms with E-state index in [4.69, 9.17) is 47.6 Å². The largest absolute Gasteiger partial charge is 0.494 e. The lowest BCUT2D eigenvalue weighted by molar-refractivity contribution is -0.139. The lowest BCUT2D eigenvalue weighted by Crippen LogP contribution is -2.47. The number of carbonyl (C=O) groups excluding carboxylic acids is 1. The summed E-state index contributed by atoms with van der Waals surface area (Å²) in [6.07, 6.45) is 3.68. The molecule has 7 nitrogen and oxygen atoms in total. The number of benzene rings is 3. The molecule has 0 saturated carbocycles. The second-order valence-corrected chi connectivity index (χ2v) is 9.45. The van der Waals surface area contributed by atoms with E-state index in [1.165, 1.54) is 7.11 Å². The van der Waals surface area contributed by atoms with E-state index in [9.17, 15) is 4.79 Å². The standard InChI is InChI=1S/C29H28Cl2N2O5/c1-36-33-28(35)29(16-5-9-20-7-3-2-4-8-20)26(24-15-12-22(30)19-25(24)31)38-27(32-29)21-10-13-23(14-11-21)37-18-6-17-34/h2-5,7-15,19,26,34H,6,16-18H2,1H3,(H,33,35)/b9-5+/t26-,29-/m0/s1. The van der Waals surface area contributed by atoms with Gasteiger partial charge in [-0.1, -0.05) is 71.8 Å². The summed E-state index contributed by atoms with van der Waals surface area (Å²) in [7, 11) is 1.37. The summed E-state index contributed by atoms with van der Waals surface area (Å²) in [4.78, 5) is 23.4. The number of nitrogens with one attached hydrogen (secondary N) is 1. The number of rotatable bonds is 11. The number of ether oxygens (including phenoxy) is 2. The number of hydrogen-bond acceptors (Lipinski definition) is 6. The molecule has 0 bridgehead atoms. The molecule has 0 spiro atoms. The van der Waals surface area contributed by atoms with Gasteiger partial charge >= 0.3 is 0 Å². The van der Waals surface area contributed by atoms with Crippen LogP contribution >= 0.6 is 23.2 Å². The van der Waals surface area contributed by atoms with Crippen LogP contribution in [0.1, 0.15) is 35.6 Å². The molecule has 2 N–H and O–H groups in total. The van der Waals surface area contributed by atoms with E-state index in [2.05, 4.69) is 5.48 Å². The van der Waals surface area contributed by atoms with Crippen molar-refractivity contribution < 1.29 is 24.2 Å². The summed E-state index contributed by atoms with van der Waals surface area (Å²) in [6, 6.07) is 22.0. The number of aliphatic imine (C=N–C) groups is 1. The molecule has 0 aromatic heterocycles. The topological polar surface area (TPSA) is 89.4 Å². The van der Waals surface area contributed by atoms with Crippen LogP contribution in [0.2, 0.25) is 10.0 Å². The van der Waals surface area contributed by atoms with Crippen LogP contribution in [0.3, 0.4) is 0 Å². The minimum Gasteiger partial charge on any atom is -0.494 e. The van der Waals surface area contributed by atoms with Crippen molar-refractivity contribution in [3.8, 4) is 5.75 Å². The average Bonchev–Trinajstić information content (AvgIpc) is 3.30. The van der Waals surface area contributed by atoms with Gasteiger partial charge in [-0.2, -0.15) is 0 Å². The molecule has 1 heterocycles. The Morgan fingerprint density at radius 2 is 1.89 bits per heavy atom. The van der Waals surface area contributed by atoms with Gasteiger partial charge in [-0.05, 0) is 42.0 Å². The highest BCUT2D eigenvalue weighted by Gasteiger charge is 2.53. The Labute approximate surface area is 231 Å². The number of halogens is 2. The Morgan fingerprint density at radius 3 is 2.58 bits per heavy atom. The van der Waals surface area contributed by atoms with Crippen molar-refractivity contribution in [2.24, 2.45) is 4.99 Å². The SMILES string of the molecule is CONC(=O)[C@@]1(C/C=C/c2ccccc2)N=C(c2ccc(OCCCO)cc2)O[C@H]1c1ccc(Cl)cc1Cl. The number of carbonyl (C=O) groups is 1. The normalized spacial score (nSPS) is 18.7. The van der Waals surface area contributed by atoms with Crippen LogP contribution in [0.15, 0.2) is 83.9 Å². The molecule has 3 aromatic rings. The van der Waals surface area contributed by atoms with Crippen molar-refractivity contribution in [3.05, 3.63) is 106 Å². The smallest absolute Gasteiger partial charge is 0.276 e. The first kappa shape index (κ1) is 27.7. The average molecular weight is 555 g/mol. The van der Waals surface area contributed by atoms with Crippen molar-refractivity contribution in [1.82, 2.24) is 5.48 Å². The Bertz CT molecular complexity index is 1300. The fourth-order valence-corrected chi connectivity index (χ4v) is 4.63. The van der Waals surface area contributed by atoms with Gasteiger partial charge in [-0.25, -0.2) is 10.5 Å². The van der Waals surface area contributed by atoms with E-state index < -0.39 is 17.6 Å². The van der Waals surface area contributed by atoms with Crippen LogP contribution in [-0.2, 0) is 14.4 Å². The number of nitrogens with zero attached hydrogens (tertiary/aromatic N) is 1. The molecule has 198 valence electrons. The monoisotopic (exact) mass is 554 g/mol. The number of aliphatic hydroxyl groups is 1. The Balaban J connectivity index is 1.74. The molecule has 1 amide bonds. The molecule has 0 unspecified atom stereocenters. The van der Waals surface area contributed by atoms with Crippen LogP contribution in [0.25, 0.3) is 6.08 Å². The fraction of sp³-hybridized carbons (Fsp3) is 0.241. The van der Waals surface area contributed by atoms with E-state index in [0.29, 0.717) is 39.9 Å². The van der Waals surface area contributed by atoms with Gasteiger partial charge in [-0.15, -0.1) is 0 Å². The summed E-state index contributed by atoms with van der Waals surface area (Å²) < 4.78 is 12.0. The van der Waals surface area contributed by atoms with Crippen LogP contribution in [0, 0.1) is 0 Å². The van der Waals surface area contributed by atoms with Crippen LogP contribution in [0.4, 0.5) is 0 Å². The van der Waals surface area contributed by atoms with Crippen molar-refractivity contribution in [3.63, 3.8) is 0 Å². The Hall–Kier alpha value is -3.36. The third-order valence-corrected chi connectivity index (χ3v) is 6.57. The van der Waals surface area contributed by atoms with Crippen LogP contribution < -0.4 is 10.2 Å². The van der Waals surface area contributed by atoms with Crippen LogP contribution in [-0.4, -0.2) is 42.8 Å². The Morgan fingerprint density at radius 1 is 1.13 bits per heavy atom. The number of hydroxylamine groups is 1. The highest BCUT2D eigenvalue weighted by atomic mass is 35.5. The number of amides is 1. The van der Waals surface area contributed by atoms with Crippen molar-refractivity contribution in [1.29, 1.82) is 0 Å². The zero-order valence-electron chi connectivity index (χ0n) is 20.8. The first-order chi connectivity index (χ1) is 18.5. The maximum atomic E-state index is 13.6. The van der Waals surface area contributed by atoms with E-state index in [1.54, 1.807) is 42.5 Å². The lowest BCUT2D eigenvalue weighted by atomic mass is 9.84. The minimum absolute atomic E-state index is 0.0573. The highest BCUT2D eigenvalue weighted by molar-refractivity contribution is 6.35. The van der Waals surface area contributed by atoms with Gasteiger partial charge in [0.2, 0.25) is 5.90 Å². The molecule has 1 aliphatic heterocycles. The Kier molecular flexibility index (Phi) is 9.42.